The first kappa shape index (κ1) is 13.1. The summed E-state index contributed by atoms with van der Waals surface area (Å²) >= 11 is 0. The molecule has 0 radical (unpaired) electrons. The van der Waals surface area contributed by atoms with Crippen LogP contribution >= 0.6 is 0 Å². The highest BCUT2D eigenvalue weighted by molar-refractivity contribution is 5.15. The van der Waals surface area contributed by atoms with Crippen LogP contribution in [0, 0.1) is 5.92 Å². The number of benzene rings is 1. The summed E-state index contributed by atoms with van der Waals surface area (Å²) in [6.07, 6.45) is 4.05. The summed E-state index contributed by atoms with van der Waals surface area (Å²) in [4.78, 5) is 2.71. The van der Waals surface area contributed by atoms with Crippen molar-refractivity contribution in [3.8, 4) is 0 Å². The first-order chi connectivity index (χ1) is 9.25. The minimum atomic E-state index is 0.682. The lowest BCUT2D eigenvalue weighted by Crippen LogP contribution is -2.59. The number of nitrogens with zero attached hydrogens (tertiary/aromatic N) is 1. The molecular weight excluding hydrogens is 232 g/mol. The molecule has 2 nitrogen and oxygen atoms in total. The van der Waals surface area contributed by atoms with E-state index < -0.39 is 0 Å². The van der Waals surface area contributed by atoms with E-state index in [-0.39, 0.29) is 0 Å². The molecule has 1 aromatic carbocycles. The van der Waals surface area contributed by atoms with E-state index in [1.165, 1.54) is 31.4 Å². The molecule has 2 heteroatoms. The number of hydrogen-bond acceptors (Lipinski definition) is 2. The van der Waals surface area contributed by atoms with Crippen LogP contribution in [0.2, 0.25) is 0 Å². The lowest BCUT2D eigenvalue weighted by atomic mass is 9.77. The summed E-state index contributed by atoms with van der Waals surface area (Å²) in [5.41, 5.74) is 1.45. The van der Waals surface area contributed by atoms with Gasteiger partial charge in [0.15, 0.2) is 0 Å². The Labute approximate surface area is 117 Å². The highest BCUT2D eigenvalue weighted by atomic mass is 15.2. The normalized spacial score (nSPS) is 35.9. The molecule has 3 rings (SSSR count). The quantitative estimate of drug-likeness (QED) is 0.877. The molecule has 2 unspecified atom stereocenters. The number of rotatable bonds is 2. The van der Waals surface area contributed by atoms with Gasteiger partial charge in [0.1, 0.15) is 0 Å². The van der Waals surface area contributed by atoms with Gasteiger partial charge in [0, 0.05) is 24.7 Å². The van der Waals surface area contributed by atoms with Crippen molar-refractivity contribution in [2.75, 3.05) is 6.54 Å². The Bertz CT molecular complexity index is 403. The first-order valence-corrected chi connectivity index (χ1v) is 7.79. The molecule has 0 amide bonds. The van der Waals surface area contributed by atoms with E-state index in [0.29, 0.717) is 12.1 Å². The Morgan fingerprint density at radius 3 is 2.79 bits per heavy atom. The Kier molecular flexibility index (Phi) is 3.90. The average molecular weight is 258 g/mol. The maximum atomic E-state index is 3.74. The molecule has 0 bridgehead atoms. The van der Waals surface area contributed by atoms with Gasteiger partial charge in [0.25, 0.3) is 0 Å². The maximum Gasteiger partial charge on any atom is 0.0239 e. The third-order valence-electron chi connectivity index (χ3n) is 5.15. The molecule has 4 atom stereocenters. The Hall–Kier alpha value is -0.860. The molecular formula is C17H26N2. The van der Waals surface area contributed by atoms with Gasteiger partial charge in [-0.15, -0.1) is 0 Å². The SMILES string of the molecule is C[C@@H]1CC2NCCCC2[C@H](C)N1Cc1ccccc1. The van der Waals surface area contributed by atoms with E-state index in [1.807, 2.05) is 0 Å². The standard InChI is InChI=1S/C17H26N2/c1-13-11-17-16(9-6-10-18-17)14(2)19(13)12-15-7-4-3-5-8-15/h3-5,7-8,13-14,16-18H,6,9-12H2,1-2H3/t13-,14+,16?,17?/m1/s1. The fourth-order valence-electron chi connectivity index (χ4n) is 4.06. The predicted octanol–water partition coefficient (Wildman–Crippen LogP) is 3.04. The van der Waals surface area contributed by atoms with Crippen LogP contribution in [0.15, 0.2) is 30.3 Å². The van der Waals surface area contributed by atoms with E-state index in [9.17, 15) is 0 Å². The van der Waals surface area contributed by atoms with Crippen molar-refractivity contribution in [1.29, 1.82) is 0 Å². The molecule has 1 N–H and O–H groups in total. The number of piperidine rings is 2. The van der Waals surface area contributed by atoms with Gasteiger partial charge in [-0.25, -0.2) is 0 Å². The van der Waals surface area contributed by atoms with Crippen molar-refractivity contribution >= 4 is 0 Å². The second-order valence-electron chi connectivity index (χ2n) is 6.35. The Balaban J connectivity index is 1.73. The third kappa shape index (κ3) is 2.70. The summed E-state index contributed by atoms with van der Waals surface area (Å²) in [7, 11) is 0. The van der Waals surface area contributed by atoms with E-state index in [1.54, 1.807) is 0 Å². The highest BCUT2D eigenvalue weighted by Gasteiger charge is 2.39. The van der Waals surface area contributed by atoms with Crippen molar-refractivity contribution in [1.82, 2.24) is 10.2 Å². The number of nitrogens with one attached hydrogen (secondary N) is 1. The van der Waals surface area contributed by atoms with Gasteiger partial charge >= 0.3 is 0 Å². The molecule has 2 aliphatic heterocycles. The zero-order chi connectivity index (χ0) is 13.2. The van der Waals surface area contributed by atoms with Gasteiger partial charge in [-0.1, -0.05) is 30.3 Å². The van der Waals surface area contributed by atoms with Gasteiger partial charge in [0.2, 0.25) is 0 Å². The van der Waals surface area contributed by atoms with Crippen molar-refractivity contribution in [2.45, 2.75) is 57.8 Å². The molecule has 2 fully saturated rings. The van der Waals surface area contributed by atoms with Crippen LogP contribution in [-0.4, -0.2) is 29.6 Å². The summed E-state index contributed by atoms with van der Waals surface area (Å²) in [6, 6.07) is 13.1. The fourth-order valence-corrected chi connectivity index (χ4v) is 4.06. The summed E-state index contributed by atoms with van der Waals surface area (Å²) in [6.45, 7) is 7.15. The van der Waals surface area contributed by atoms with Gasteiger partial charge in [-0.2, -0.15) is 0 Å². The molecule has 1 aromatic rings. The lowest BCUT2D eigenvalue weighted by Gasteiger charge is -2.50. The maximum absolute atomic E-state index is 3.74. The van der Waals surface area contributed by atoms with Crippen molar-refractivity contribution in [2.24, 2.45) is 5.92 Å². The summed E-state index contributed by atoms with van der Waals surface area (Å²) in [5, 5.41) is 3.74. The lowest BCUT2D eigenvalue weighted by molar-refractivity contribution is 0.0121. The van der Waals surface area contributed by atoms with Crippen LogP contribution in [0.3, 0.4) is 0 Å². The molecule has 104 valence electrons. The predicted molar refractivity (Wildman–Crippen MR) is 80.0 cm³/mol. The van der Waals surface area contributed by atoms with E-state index in [0.717, 1.165) is 18.5 Å². The fraction of sp³-hybridized carbons (Fsp3) is 0.647. The average Bonchev–Trinajstić information content (AvgIpc) is 2.45. The van der Waals surface area contributed by atoms with Crippen LogP contribution < -0.4 is 5.32 Å². The van der Waals surface area contributed by atoms with E-state index >= 15 is 0 Å². The molecule has 0 spiro atoms. The minimum Gasteiger partial charge on any atom is -0.314 e. The molecule has 0 aromatic heterocycles. The number of likely N-dealkylation sites (tertiary alicyclic amines) is 1. The van der Waals surface area contributed by atoms with Gasteiger partial charge in [-0.05, 0) is 51.1 Å². The van der Waals surface area contributed by atoms with Gasteiger partial charge < -0.3 is 5.32 Å². The van der Waals surface area contributed by atoms with Crippen molar-refractivity contribution < 1.29 is 0 Å². The molecule has 2 aliphatic rings. The van der Waals surface area contributed by atoms with Gasteiger partial charge in [-0.3, -0.25) is 4.90 Å². The van der Waals surface area contributed by atoms with Gasteiger partial charge in [0.05, 0.1) is 0 Å². The van der Waals surface area contributed by atoms with E-state index in [2.05, 4.69) is 54.4 Å². The van der Waals surface area contributed by atoms with Crippen LogP contribution in [-0.2, 0) is 6.54 Å². The zero-order valence-electron chi connectivity index (χ0n) is 12.2. The molecule has 19 heavy (non-hydrogen) atoms. The van der Waals surface area contributed by atoms with Crippen molar-refractivity contribution in [3.63, 3.8) is 0 Å². The molecule has 0 aliphatic carbocycles. The summed E-state index contributed by atoms with van der Waals surface area (Å²) in [5.74, 6) is 0.841. The second kappa shape index (κ2) is 5.64. The largest absolute Gasteiger partial charge is 0.314 e. The summed E-state index contributed by atoms with van der Waals surface area (Å²) < 4.78 is 0. The molecule has 0 saturated carbocycles. The first-order valence-electron chi connectivity index (χ1n) is 7.79. The Morgan fingerprint density at radius 1 is 1.21 bits per heavy atom. The van der Waals surface area contributed by atoms with Crippen LogP contribution in [0.25, 0.3) is 0 Å². The third-order valence-corrected chi connectivity index (χ3v) is 5.15. The molecule has 2 saturated heterocycles. The topological polar surface area (TPSA) is 15.3 Å². The Morgan fingerprint density at radius 2 is 2.00 bits per heavy atom. The highest BCUT2D eigenvalue weighted by Crippen LogP contribution is 2.34. The molecule has 2 heterocycles. The smallest absolute Gasteiger partial charge is 0.0239 e. The van der Waals surface area contributed by atoms with E-state index in [4.69, 9.17) is 0 Å². The van der Waals surface area contributed by atoms with Crippen molar-refractivity contribution in [3.05, 3.63) is 35.9 Å². The van der Waals surface area contributed by atoms with Crippen LogP contribution in [0.5, 0.6) is 0 Å². The number of hydrogen-bond donors (Lipinski definition) is 1. The minimum absolute atomic E-state index is 0.682. The van der Waals surface area contributed by atoms with Crippen LogP contribution in [0.4, 0.5) is 0 Å². The zero-order valence-corrected chi connectivity index (χ0v) is 12.2. The van der Waals surface area contributed by atoms with Crippen LogP contribution in [0.1, 0.15) is 38.7 Å². The number of fused-ring (bicyclic) bond motifs is 1. The monoisotopic (exact) mass is 258 g/mol. The second-order valence-corrected chi connectivity index (χ2v) is 6.35.